The summed E-state index contributed by atoms with van der Waals surface area (Å²) in [5.41, 5.74) is 4.07. The third-order valence-corrected chi connectivity index (χ3v) is 4.46. The van der Waals surface area contributed by atoms with Crippen LogP contribution in [0.4, 0.5) is 4.39 Å². The summed E-state index contributed by atoms with van der Waals surface area (Å²) in [5.74, 6) is 0.478. The summed E-state index contributed by atoms with van der Waals surface area (Å²) in [5, 5.41) is 2.87. The standard InChI is InChI=1S/C22H21ClFNO/c1-16-6-8-17(9-7-16)13-25-14-19-12-20(23)10-11-22(19)26-15-18-4-2-3-5-21(18)24/h2-12,25H,13-15H2,1H3/p+1. The van der Waals surface area contributed by atoms with E-state index in [1.54, 1.807) is 24.3 Å². The minimum Gasteiger partial charge on any atom is -0.488 e. The molecule has 0 amide bonds. The van der Waals surface area contributed by atoms with Gasteiger partial charge >= 0.3 is 0 Å². The van der Waals surface area contributed by atoms with Gasteiger partial charge in [-0.25, -0.2) is 4.39 Å². The molecule has 2 N–H and O–H groups in total. The second kappa shape index (κ2) is 8.84. The molecule has 3 rings (SSSR count). The molecule has 0 saturated heterocycles. The van der Waals surface area contributed by atoms with Gasteiger partial charge in [0.25, 0.3) is 0 Å². The maximum atomic E-state index is 13.8. The van der Waals surface area contributed by atoms with Crippen LogP contribution in [0.25, 0.3) is 0 Å². The van der Waals surface area contributed by atoms with E-state index in [1.165, 1.54) is 17.2 Å². The number of ether oxygens (including phenoxy) is 1. The number of aryl methyl sites for hydroxylation is 1. The molecular weight excluding hydrogens is 349 g/mol. The van der Waals surface area contributed by atoms with E-state index in [1.807, 2.05) is 12.1 Å². The predicted octanol–water partition coefficient (Wildman–Crippen LogP) is 4.63. The molecule has 0 atom stereocenters. The van der Waals surface area contributed by atoms with Crippen LogP contribution in [0.2, 0.25) is 5.02 Å². The summed E-state index contributed by atoms with van der Waals surface area (Å²) in [6, 6.07) is 20.7. The van der Waals surface area contributed by atoms with Crippen molar-refractivity contribution in [2.24, 2.45) is 0 Å². The molecule has 0 fully saturated rings. The summed E-state index contributed by atoms with van der Waals surface area (Å²) in [4.78, 5) is 0. The van der Waals surface area contributed by atoms with Crippen molar-refractivity contribution in [3.63, 3.8) is 0 Å². The maximum Gasteiger partial charge on any atom is 0.129 e. The largest absolute Gasteiger partial charge is 0.488 e. The fraction of sp³-hybridized carbons (Fsp3) is 0.182. The summed E-state index contributed by atoms with van der Waals surface area (Å²) in [6.45, 7) is 3.89. The quantitative estimate of drug-likeness (QED) is 0.644. The van der Waals surface area contributed by atoms with E-state index in [0.717, 1.165) is 24.4 Å². The van der Waals surface area contributed by atoms with Crippen LogP contribution in [-0.4, -0.2) is 0 Å². The van der Waals surface area contributed by atoms with Gasteiger partial charge in [-0.1, -0.05) is 59.6 Å². The van der Waals surface area contributed by atoms with Crippen LogP contribution < -0.4 is 10.1 Å². The lowest BCUT2D eigenvalue weighted by Gasteiger charge is -2.12. The second-order valence-electron chi connectivity index (χ2n) is 6.31. The first-order chi connectivity index (χ1) is 12.6. The van der Waals surface area contributed by atoms with E-state index in [2.05, 4.69) is 36.5 Å². The Balaban J connectivity index is 1.63. The zero-order valence-corrected chi connectivity index (χ0v) is 15.5. The Labute approximate surface area is 158 Å². The Kier molecular flexibility index (Phi) is 6.26. The molecule has 0 bridgehead atoms. The van der Waals surface area contributed by atoms with Gasteiger partial charge in [0.15, 0.2) is 0 Å². The first kappa shape index (κ1) is 18.4. The topological polar surface area (TPSA) is 25.8 Å². The average molecular weight is 371 g/mol. The second-order valence-corrected chi connectivity index (χ2v) is 6.75. The molecule has 0 aliphatic rings. The van der Waals surface area contributed by atoms with Gasteiger partial charge in [0.2, 0.25) is 0 Å². The number of nitrogens with two attached hydrogens (primary N) is 1. The van der Waals surface area contributed by atoms with Crippen LogP contribution in [-0.2, 0) is 19.7 Å². The zero-order chi connectivity index (χ0) is 18.4. The Morgan fingerprint density at radius 3 is 2.46 bits per heavy atom. The van der Waals surface area contributed by atoms with Crippen LogP contribution in [0, 0.1) is 12.7 Å². The van der Waals surface area contributed by atoms with E-state index in [4.69, 9.17) is 16.3 Å². The van der Waals surface area contributed by atoms with Crippen molar-refractivity contribution in [3.8, 4) is 5.75 Å². The number of rotatable bonds is 7. The smallest absolute Gasteiger partial charge is 0.129 e. The zero-order valence-electron chi connectivity index (χ0n) is 14.7. The number of halogens is 2. The predicted molar refractivity (Wildman–Crippen MR) is 103 cm³/mol. The highest BCUT2D eigenvalue weighted by Crippen LogP contribution is 2.23. The highest BCUT2D eigenvalue weighted by Gasteiger charge is 2.09. The van der Waals surface area contributed by atoms with Gasteiger partial charge < -0.3 is 10.1 Å². The third kappa shape index (κ3) is 5.07. The molecule has 4 heteroatoms. The van der Waals surface area contributed by atoms with Crippen molar-refractivity contribution in [1.82, 2.24) is 0 Å². The maximum absolute atomic E-state index is 13.8. The molecule has 134 valence electrons. The van der Waals surface area contributed by atoms with Crippen molar-refractivity contribution in [3.05, 3.63) is 99.8 Å². The van der Waals surface area contributed by atoms with Crippen LogP contribution in [0.3, 0.4) is 0 Å². The molecule has 0 unspecified atom stereocenters. The highest BCUT2D eigenvalue weighted by atomic mass is 35.5. The molecule has 0 aromatic heterocycles. The van der Waals surface area contributed by atoms with Gasteiger partial charge in [-0.3, -0.25) is 0 Å². The molecule has 26 heavy (non-hydrogen) atoms. The molecule has 0 spiro atoms. The Morgan fingerprint density at radius 2 is 1.69 bits per heavy atom. The van der Waals surface area contributed by atoms with Crippen molar-refractivity contribution >= 4 is 11.6 Å². The lowest BCUT2D eigenvalue weighted by Crippen LogP contribution is -2.80. The van der Waals surface area contributed by atoms with E-state index in [9.17, 15) is 4.39 Å². The van der Waals surface area contributed by atoms with Gasteiger partial charge in [-0.2, -0.15) is 0 Å². The van der Waals surface area contributed by atoms with Crippen LogP contribution in [0.5, 0.6) is 5.75 Å². The molecule has 0 aliphatic carbocycles. The van der Waals surface area contributed by atoms with Crippen molar-refractivity contribution in [1.29, 1.82) is 0 Å². The summed E-state index contributed by atoms with van der Waals surface area (Å²) >= 11 is 6.14. The Morgan fingerprint density at radius 1 is 0.923 bits per heavy atom. The van der Waals surface area contributed by atoms with Gasteiger partial charge in [0.05, 0.1) is 0 Å². The van der Waals surface area contributed by atoms with Crippen LogP contribution >= 0.6 is 11.6 Å². The first-order valence-electron chi connectivity index (χ1n) is 8.63. The molecule has 0 aliphatic heterocycles. The average Bonchev–Trinajstić information content (AvgIpc) is 2.64. The van der Waals surface area contributed by atoms with Gasteiger partial charge in [0, 0.05) is 21.7 Å². The minimum atomic E-state index is -0.256. The van der Waals surface area contributed by atoms with Crippen LogP contribution in [0.1, 0.15) is 22.3 Å². The van der Waals surface area contributed by atoms with Crippen molar-refractivity contribution in [2.75, 3.05) is 0 Å². The summed E-state index contributed by atoms with van der Waals surface area (Å²) in [6.07, 6.45) is 0. The first-order valence-corrected chi connectivity index (χ1v) is 9.01. The van der Waals surface area contributed by atoms with Crippen LogP contribution in [0.15, 0.2) is 66.7 Å². The fourth-order valence-corrected chi connectivity index (χ4v) is 2.93. The number of hydrogen-bond donors (Lipinski definition) is 1. The van der Waals surface area contributed by atoms with Gasteiger partial charge in [0.1, 0.15) is 31.3 Å². The Bertz CT molecular complexity index is 864. The fourth-order valence-electron chi connectivity index (χ4n) is 2.74. The van der Waals surface area contributed by atoms with E-state index in [-0.39, 0.29) is 12.4 Å². The molecule has 0 heterocycles. The third-order valence-electron chi connectivity index (χ3n) is 4.23. The van der Waals surface area contributed by atoms with E-state index in [0.29, 0.717) is 10.6 Å². The molecule has 2 nitrogen and oxygen atoms in total. The SMILES string of the molecule is Cc1ccc(C[NH2+]Cc2cc(Cl)ccc2OCc2ccccc2F)cc1. The van der Waals surface area contributed by atoms with E-state index >= 15 is 0 Å². The molecular formula is C22H22ClFNO+. The van der Waals surface area contributed by atoms with Crippen molar-refractivity contribution < 1.29 is 14.4 Å². The summed E-state index contributed by atoms with van der Waals surface area (Å²) < 4.78 is 19.6. The normalized spacial score (nSPS) is 10.7. The van der Waals surface area contributed by atoms with Crippen molar-refractivity contribution in [2.45, 2.75) is 26.6 Å². The summed E-state index contributed by atoms with van der Waals surface area (Å²) in [7, 11) is 0. The minimum absolute atomic E-state index is 0.194. The number of quaternary nitrogens is 1. The number of benzene rings is 3. The van der Waals surface area contributed by atoms with Gasteiger partial charge in [-0.15, -0.1) is 0 Å². The highest BCUT2D eigenvalue weighted by molar-refractivity contribution is 6.30. The molecule has 3 aromatic rings. The monoisotopic (exact) mass is 370 g/mol. The molecule has 3 aromatic carbocycles. The number of hydrogen-bond acceptors (Lipinski definition) is 1. The molecule has 0 radical (unpaired) electrons. The van der Waals surface area contributed by atoms with Gasteiger partial charge in [-0.05, 0) is 31.2 Å². The molecule has 0 saturated carbocycles. The lowest BCUT2D eigenvalue weighted by molar-refractivity contribution is -0.686. The Hall–Kier alpha value is -2.36. The van der Waals surface area contributed by atoms with E-state index < -0.39 is 0 Å². The lowest BCUT2D eigenvalue weighted by atomic mass is 10.1.